The Kier molecular flexibility index (Phi) is 7.42. The number of rotatable bonds is 7. The molecule has 30 heavy (non-hydrogen) atoms. The van der Waals surface area contributed by atoms with Crippen LogP contribution < -0.4 is 0 Å². The third kappa shape index (κ3) is 5.78. The van der Waals surface area contributed by atoms with Gasteiger partial charge in [0.2, 0.25) is 5.89 Å². The van der Waals surface area contributed by atoms with Gasteiger partial charge < -0.3 is 14.2 Å². The molecule has 1 amide bonds. The van der Waals surface area contributed by atoms with Crippen molar-refractivity contribution in [3.63, 3.8) is 0 Å². The molecule has 164 valence electrons. The van der Waals surface area contributed by atoms with Crippen molar-refractivity contribution in [3.05, 3.63) is 42.3 Å². The first-order chi connectivity index (χ1) is 14.4. The van der Waals surface area contributed by atoms with Gasteiger partial charge in [0.05, 0.1) is 0 Å². The molecule has 0 aliphatic carbocycles. The van der Waals surface area contributed by atoms with Gasteiger partial charge in [-0.05, 0) is 64.3 Å². The summed E-state index contributed by atoms with van der Waals surface area (Å²) in [6.07, 6.45) is 8.72. The van der Waals surface area contributed by atoms with Crippen LogP contribution in [0.15, 0.2) is 35.4 Å². The minimum absolute atomic E-state index is 0.125. The van der Waals surface area contributed by atoms with E-state index in [1.165, 1.54) is 6.33 Å². The van der Waals surface area contributed by atoms with Crippen LogP contribution in [-0.4, -0.2) is 62.3 Å². The second kappa shape index (κ2) is 10.0. The minimum Gasteiger partial charge on any atom is -0.444 e. The van der Waals surface area contributed by atoms with Crippen LogP contribution in [0.3, 0.4) is 0 Å². The highest BCUT2D eigenvalue weighted by Crippen LogP contribution is 2.32. The zero-order valence-electron chi connectivity index (χ0n) is 18.5. The van der Waals surface area contributed by atoms with Crippen molar-refractivity contribution >= 4 is 6.09 Å². The number of aromatic nitrogens is 3. The van der Waals surface area contributed by atoms with Gasteiger partial charge in [-0.1, -0.05) is 18.5 Å². The van der Waals surface area contributed by atoms with Crippen molar-refractivity contribution in [2.24, 2.45) is 0 Å². The Morgan fingerprint density at radius 1 is 1.30 bits per heavy atom. The predicted molar refractivity (Wildman–Crippen MR) is 113 cm³/mol. The first kappa shape index (κ1) is 22.2. The first-order valence-corrected chi connectivity index (χ1v) is 10.8. The van der Waals surface area contributed by atoms with Crippen LogP contribution in [0.5, 0.6) is 0 Å². The third-order valence-electron chi connectivity index (χ3n) is 5.32. The normalized spacial score (nSPS) is 16.6. The summed E-state index contributed by atoms with van der Waals surface area (Å²) in [7, 11) is 0. The Morgan fingerprint density at radius 2 is 2.00 bits per heavy atom. The monoisotopic (exact) mass is 415 g/mol. The fourth-order valence-electron chi connectivity index (χ4n) is 3.89. The van der Waals surface area contributed by atoms with Crippen LogP contribution in [-0.2, 0) is 4.74 Å². The zero-order valence-corrected chi connectivity index (χ0v) is 18.5. The fourth-order valence-corrected chi connectivity index (χ4v) is 3.89. The Hall–Kier alpha value is -2.48. The highest BCUT2D eigenvalue weighted by molar-refractivity contribution is 5.68. The molecule has 2 aromatic rings. The molecule has 8 heteroatoms. The molecule has 3 rings (SSSR count). The van der Waals surface area contributed by atoms with Crippen molar-refractivity contribution in [1.82, 2.24) is 24.9 Å². The number of likely N-dealkylation sites (tertiary alicyclic amines) is 1. The summed E-state index contributed by atoms with van der Waals surface area (Å²) in [6, 6.07) is 4.19. The lowest BCUT2D eigenvalue weighted by atomic mass is 9.97. The summed E-state index contributed by atoms with van der Waals surface area (Å²) in [5.41, 5.74) is 0.603. The molecular weight excluding hydrogens is 382 g/mol. The van der Waals surface area contributed by atoms with Crippen molar-refractivity contribution in [1.29, 1.82) is 0 Å². The average Bonchev–Trinajstić information content (AvgIpc) is 3.25. The number of pyridine rings is 1. The van der Waals surface area contributed by atoms with Crippen molar-refractivity contribution in [3.8, 4) is 0 Å². The maximum Gasteiger partial charge on any atom is 0.410 e. The molecule has 1 aliphatic rings. The van der Waals surface area contributed by atoms with Crippen LogP contribution in [0.4, 0.5) is 4.79 Å². The standard InChI is InChI=1S/C22H33N5O3/c1-5-6-13-27(18-9-14-26(15-10-18)21(28)29-22(2,3)4)19(20-24-16-25-30-20)17-7-11-23-12-8-17/h7-8,11-12,16,18-19H,5-6,9-10,13-15H2,1-4H3. The van der Waals surface area contributed by atoms with Gasteiger partial charge in [0.15, 0.2) is 6.33 Å². The molecule has 8 nitrogen and oxygen atoms in total. The molecule has 1 unspecified atom stereocenters. The number of amides is 1. The molecular formula is C22H33N5O3. The Balaban J connectivity index is 1.78. The topological polar surface area (TPSA) is 84.6 Å². The van der Waals surface area contributed by atoms with Gasteiger partial charge in [-0.15, -0.1) is 0 Å². The maximum atomic E-state index is 12.5. The Labute approximate surface area is 178 Å². The molecule has 0 radical (unpaired) electrons. The van der Waals surface area contributed by atoms with E-state index < -0.39 is 5.60 Å². The summed E-state index contributed by atoms with van der Waals surface area (Å²) < 4.78 is 11.1. The van der Waals surface area contributed by atoms with E-state index in [0.29, 0.717) is 25.0 Å². The first-order valence-electron chi connectivity index (χ1n) is 10.8. The van der Waals surface area contributed by atoms with Crippen molar-refractivity contribution in [2.45, 2.75) is 71.1 Å². The lowest BCUT2D eigenvalue weighted by molar-refractivity contribution is 0.0107. The average molecular weight is 416 g/mol. The van der Waals surface area contributed by atoms with Crippen LogP contribution in [0.1, 0.15) is 70.9 Å². The highest BCUT2D eigenvalue weighted by atomic mass is 16.6. The van der Waals surface area contributed by atoms with E-state index in [9.17, 15) is 4.79 Å². The van der Waals surface area contributed by atoms with Gasteiger partial charge in [0.1, 0.15) is 11.6 Å². The van der Waals surface area contributed by atoms with E-state index in [1.807, 2.05) is 37.8 Å². The number of carbonyl (C=O) groups is 1. The van der Waals surface area contributed by atoms with Crippen LogP contribution in [0, 0.1) is 0 Å². The molecule has 0 aromatic carbocycles. The number of nitrogens with zero attached hydrogens (tertiary/aromatic N) is 5. The molecule has 1 aliphatic heterocycles. The Bertz CT molecular complexity index is 768. The van der Waals surface area contributed by atoms with E-state index in [-0.39, 0.29) is 12.1 Å². The van der Waals surface area contributed by atoms with Gasteiger partial charge in [-0.3, -0.25) is 9.88 Å². The van der Waals surface area contributed by atoms with E-state index in [4.69, 9.17) is 9.26 Å². The number of piperidine rings is 1. The molecule has 2 aromatic heterocycles. The molecule has 0 N–H and O–H groups in total. The van der Waals surface area contributed by atoms with Gasteiger partial charge in [0.25, 0.3) is 0 Å². The quantitative estimate of drug-likeness (QED) is 0.674. The molecule has 0 bridgehead atoms. The Morgan fingerprint density at radius 3 is 2.57 bits per heavy atom. The van der Waals surface area contributed by atoms with Gasteiger partial charge >= 0.3 is 6.09 Å². The van der Waals surface area contributed by atoms with Crippen LogP contribution in [0.25, 0.3) is 0 Å². The maximum absolute atomic E-state index is 12.5. The number of hydrogen-bond acceptors (Lipinski definition) is 7. The third-order valence-corrected chi connectivity index (χ3v) is 5.32. The van der Waals surface area contributed by atoms with Crippen LogP contribution >= 0.6 is 0 Å². The lowest BCUT2D eigenvalue weighted by Gasteiger charge is -2.41. The summed E-state index contributed by atoms with van der Waals surface area (Å²) in [6.45, 7) is 10.2. The van der Waals surface area contributed by atoms with Gasteiger partial charge in [-0.25, -0.2) is 4.79 Å². The number of unbranched alkanes of at least 4 members (excludes halogenated alkanes) is 1. The fraction of sp³-hybridized carbons (Fsp3) is 0.636. The SMILES string of the molecule is CCCCN(C1CCN(C(=O)OC(C)(C)C)CC1)C(c1ccncc1)c1ncno1. The molecule has 1 fully saturated rings. The molecule has 1 atom stereocenters. The highest BCUT2D eigenvalue weighted by Gasteiger charge is 2.35. The smallest absolute Gasteiger partial charge is 0.410 e. The number of hydrogen-bond donors (Lipinski definition) is 0. The van der Waals surface area contributed by atoms with E-state index in [1.54, 1.807) is 12.4 Å². The summed E-state index contributed by atoms with van der Waals surface area (Å²) in [5.74, 6) is 0.590. The van der Waals surface area contributed by atoms with Crippen LogP contribution in [0.2, 0.25) is 0 Å². The molecule has 1 saturated heterocycles. The second-order valence-electron chi connectivity index (χ2n) is 8.75. The summed E-state index contributed by atoms with van der Waals surface area (Å²) in [4.78, 5) is 25.3. The lowest BCUT2D eigenvalue weighted by Crippen LogP contribution is -2.49. The molecule has 0 spiro atoms. The predicted octanol–water partition coefficient (Wildman–Crippen LogP) is 4.06. The van der Waals surface area contributed by atoms with Gasteiger partial charge in [0, 0.05) is 31.5 Å². The summed E-state index contributed by atoms with van der Waals surface area (Å²) in [5, 5.41) is 3.85. The minimum atomic E-state index is -0.481. The van der Waals surface area contributed by atoms with Crippen molar-refractivity contribution < 1.29 is 14.1 Å². The molecule has 3 heterocycles. The van der Waals surface area contributed by atoms with Gasteiger partial charge in [-0.2, -0.15) is 4.98 Å². The zero-order chi connectivity index (χ0) is 21.6. The van der Waals surface area contributed by atoms with Crippen molar-refractivity contribution in [2.75, 3.05) is 19.6 Å². The van der Waals surface area contributed by atoms with E-state index in [2.05, 4.69) is 26.9 Å². The second-order valence-corrected chi connectivity index (χ2v) is 8.75. The largest absolute Gasteiger partial charge is 0.444 e. The summed E-state index contributed by atoms with van der Waals surface area (Å²) >= 11 is 0. The van der Waals surface area contributed by atoms with E-state index in [0.717, 1.165) is 37.8 Å². The molecule has 0 saturated carbocycles. The number of carbonyl (C=O) groups excluding carboxylic acids is 1. The van der Waals surface area contributed by atoms with E-state index >= 15 is 0 Å². The number of ether oxygens (including phenoxy) is 1.